The van der Waals surface area contributed by atoms with Crippen molar-refractivity contribution in [2.45, 2.75) is 38.1 Å². The zero-order chi connectivity index (χ0) is 16.2. The Balaban J connectivity index is 1.74. The minimum atomic E-state index is -0.410. The Morgan fingerprint density at radius 2 is 2.30 bits per heavy atom. The number of amides is 1. The molecule has 0 saturated carbocycles. The van der Waals surface area contributed by atoms with E-state index in [2.05, 4.69) is 16.4 Å². The number of carbonyl (C=O) groups excluding carboxylic acids is 1. The highest BCUT2D eigenvalue weighted by Gasteiger charge is 2.28. The van der Waals surface area contributed by atoms with E-state index in [9.17, 15) is 14.7 Å². The highest BCUT2D eigenvalue weighted by Crippen LogP contribution is 2.26. The van der Waals surface area contributed by atoms with Gasteiger partial charge in [-0.05, 0) is 43.6 Å². The molecule has 0 aromatic carbocycles. The second kappa shape index (κ2) is 7.00. The predicted molar refractivity (Wildman–Crippen MR) is 90.0 cm³/mol. The van der Waals surface area contributed by atoms with E-state index in [1.807, 2.05) is 11.0 Å². The van der Waals surface area contributed by atoms with Crippen LogP contribution in [0, 0.1) is 0 Å². The van der Waals surface area contributed by atoms with E-state index in [1.165, 1.54) is 11.1 Å². The summed E-state index contributed by atoms with van der Waals surface area (Å²) in [5.74, 6) is -0.448. The largest absolute Gasteiger partial charge is 0.507 e. The molecule has 1 amide bonds. The van der Waals surface area contributed by atoms with Gasteiger partial charge >= 0.3 is 0 Å². The lowest BCUT2D eigenvalue weighted by Crippen LogP contribution is -2.44. The Labute approximate surface area is 138 Å². The monoisotopic (exact) mass is 332 g/mol. The summed E-state index contributed by atoms with van der Waals surface area (Å²) in [6, 6.07) is 5.40. The van der Waals surface area contributed by atoms with E-state index in [0.717, 1.165) is 38.2 Å². The van der Waals surface area contributed by atoms with Crippen LogP contribution in [0.5, 0.6) is 5.75 Å². The molecular weight excluding hydrogens is 312 g/mol. The van der Waals surface area contributed by atoms with E-state index in [4.69, 9.17) is 0 Å². The normalized spacial score (nSPS) is 18.1. The van der Waals surface area contributed by atoms with Crippen LogP contribution in [0.4, 0.5) is 0 Å². The lowest BCUT2D eigenvalue weighted by atomic mass is 9.96. The molecule has 0 bridgehead atoms. The molecule has 3 rings (SSSR count). The molecule has 2 N–H and O–H groups in total. The Hall–Kier alpha value is -2.08. The fourth-order valence-corrected chi connectivity index (χ4v) is 3.84. The van der Waals surface area contributed by atoms with Gasteiger partial charge in [-0.2, -0.15) is 0 Å². The molecule has 1 fully saturated rings. The second-order valence-corrected chi connectivity index (χ2v) is 6.89. The van der Waals surface area contributed by atoms with Crippen LogP contribution in [0.1, 0.15) is 40.9 Å². The Kier molecular flexibility index (Phi) is 4.81. The lowest BCUT2D eigenvalue weighted by molar-refractivity contribution is 0.0598. The zero-order valence-electron chi connectivity index (χ0n) is 12.8. The fraction of sp³-hybridized carbons (Fsp3) is 0.412. The van der Waals surface area contributed by atoms with Gasteiger partial charge in [0.05, 0.1) is 5.56 Å². The summed E-state index contributed by atoms with van der Waals surface area (Å²) >= 11 is 1.74. The Bertz CT molecular complexity index is 724. The fourth-order valence-electron chi connectivity index (χ4n) is 3.12. The number of nitrogens with one attached hydrogen (secondary N) is 1. The number of H-pyrrole nitrogens is 1. The molecule has 0 aliphatic carbocycles. The average Bonchev–Trinajstić information content (AvgIpc) is 3.06. The van der Waals surface area contributed by atoms with Crippen LogP contribution in [0.2, 0.25) is 0 Å². The summed E-state index contributed by atoms with van der Waals surface area (Å²) in [7, 11) is 0. The number of piperidine rings is 1. The maximum absolute atomic E-state index is 12.8. The van der Waals surface area contributed by atoms with Crippen LogP contribution in [0.15, 0.2) is 34.6 Å². The molecule has 0 radical (unpaired) electrons. The van der Waals surface area contributed by atoms with Crippen molar-refractivity contribution in [2.24, 2.45) is 0 Å². The van der Waals surface area contributed by atoms with Crippen LogP contribution >= 0.6 is 11.3 Å². The molecule has 23 heavy (non-hydrogen) atoms. The summed E-state index contributed by atoms with van der Waals surface area (Å²) in [4.78, 5) is 29.6. The maximum Gasteiger partial charge on any atom is 0.259 e. The number of pyridine rings is 1. The number of aryl methyl sites for hydroxylation is 1. The van der Waals surface area contributed by atoms with E-state index >= 15 is 0 Å². The first kappa shape index (κ1) is 15.8. The second-order valence-electron chi connectivity index (χ2n) is 5.86. The van der Waals surface area contributed by atoms with Crippen molar-refractivity contribution in [1.82, 2.24) is 9.88 Å². The van der Waals surface area contributed by atoms with Crippen molar-refractivity contribution in [3.05, 3.63) is 50.6 Å². The van der Waals surface area contributed by atoms with Gasteiger partial charge in [0.2, 0.25) is 0 Å². The topological polar surface area (TPSA) is 73.4 Å². The average molecular weight is 332 g/mol. The molecule has 5 nitrogen and oxygen atoms in total. The summed E-state index contributed by atoms with van der Waals surface area (Å²) < 4.78 is 0. The molecule has 2 aromatic heterocycles. The van der Waals surface area contributed by atoms with Gasteiger partial charge in [0.1, 0.15) is 5.75 Å². The number of hydrogen-bond donors (Lipinski definition) is 2. The third-order valence-corrected chi connectivity index (χ3v) is 5.26. The quantitative estimate of drug-likeness (QED) is 0.904. The van der Waals surface area contributed by atoms with Gasteiger partial charge in [0, 0.05) is 29.7 Å². The Morgan fingerprint density at radius 3 is 3.04 bits per heavy atom. The molecule has 1 atom stereocenters. The number of thiophene rings is 1. The first-order valence-electron chi connectivity index (χ1n) is 7.90. The van der Waals surface area contributed by atoms with Crippen LogP contribution in [-0.2, 0) is 6.42 Å². The van der Waals surface area contributed by atoms with Gasteiger partial charge in [0.25, 0.3) is 11.5 Å². The van der Waals surface area contributed by atoms with Crippen molar-refractivity contribution in [3.8, 4) is 5.75 Å². The van der Waals surface area contributed by atoms with Crippen LogP contribution < -0.4 is 5.56 Å². The standard InChI is InChI=1S/C17H20N2O3S/c20-15-10-16(21)18-11-14(15)17(22)19-8-2-1-4-12(19)6-7-13-5-3-9-23-13/h3,5,9-12H,1-2,4,6-8H2,(H2,18,20,21)/t12-/m1/s1. The molecule has 1 aliphatic rings. The number of nitrogens with zero attached hydrogens (tertiary/aromatic N) is 1. The first-order valence-corrected chi connectivity index (χ1v) is 8.78. The smallest absolute Gasteiger partial charge is 0.259 e. The minimum absolute atomic E-state index is 0.174. The van der Waals surface area contributed by atoms with Crippen molar-refractivity contribution < 1.29 is 9.90 Å². The number of hydrogen-bond acceptors (Lipinski definition) is 4. The van der Waals surface area contributed by atoms with Gasteiger partial charge in [-0.15, -0.1) is 11.3 Å². The first-order chi connectivity index (χ1) is 11.1. The third kappa shape index (κ3) is 3.64. The summed E-state index contributed by atoms with van der Waals surface area (Å²) in [5.41, 5.74) is -0.237. The minimum Gasteiger partial charge on any atom is -0.507 e. The van der Waals surface area contributed by atoms with Crippen molar-refractivity contribution in [2.75, 3.05) is 6.54 Å². The predicted octanol–water partition coefficient (Wildman–Crippen LogP) is 2.77. The van der Waals surface area contributed by atoms with Gasteiger partial charge in [0.15, 0.2) is 0 Å². The molecule has 0 unspecified atom stereocenters. The lowest BCUT2D eigenvalue weighted by Gasteiger charge is -2.36. The molecule has 1 aliphatic heterocycles. The number of aromatic hydroxyl groups is 1. The van der Waals surface area contributed by atoms with Gasteiger partial charge in [-0.3, -0.25) is 9.59 Å². The maximum atomic E-state index is 12.8. The SMILES string of the molecule is O=C(c1c[nH]c(=O)cc1O)N1CCCC[C@@H]1CCc1cccs1. The van der Waals surface area contributed by atoms with Gasteiger partial charge in [-0.1, -0.05) is 6.07 Å². The summed E-state index contributed by atoms with van der Waals surface area (Å²) in [6.45, 7) is 0.701. The molecule has 3 heterocycles. The third-order valence-electron chi connectivity index (χ3n) is 4.33. The molecule has 0 spiro atoms. The van der Waals surface area contributed by atoms with E-state index < -0.39 is 5.56 Å². The van der Waals surface area contributed by atoms with Crippen LogP contribution in [-0.4, -0.2) is 33.5 Å². The summed E-state index contributed by atoms with van der Waals surface area (Å²) in [6.07, 6.45) is 6.29. The zero-order valence-corrected chi connectivity index (χ0v) is 13.6. The van der Waals surface area contributed by atoms with Crippen molar-refractivity contribution in [3.63, 3.8) is 0 Å². The van der Waals surface area contributed by atoms with Crippen LogP contribution in [0.3, 0.4) is 0 Å². The molecule has 122 valence electrons. The molecular formula is C17H20N2O3S. The highest BCUT2D eigenvalue weighted by atomic mass is 32.1. The van der Waals surface area contributed by atoms with Crippen molar-refractivity contribution >= 4 is 17.2 Å². The van der Waals surface area contributed by atoms with Gasteiger partial charge < -0.3 is 15.0 Å². The molecule has 2 aromatic rings. The number of aromatic nitrogens is 1. The number of rotatable bonds is 4. The van der Waals surface area contributed by atoms with E-state index in [0.29, 0.717) is 6.54 Å². The number of aromatic amines is 1. The molecule has 6 heteroatoms. The van der Waals surface area contributed by atoms with Crippen molar-refractivity contribution in [1.29, 1.82) is 0 Å². The van der Waals surface area contributed by atoms with Crippen LogP contribution in [0.25, 0.3) is 0 Å². The van der Waals surface area contributed by atoms with E-state index in [1.54, 1.807) is 11.3 Å². The summed E-state index contributed by atoms with van der Waals surface area (Å²) in [5, 5.41) is 12.0. The Morgan fingerprint density at radius 1 is 1.43 bits per heavy atom. The number of likely N-dealkylation sites (tertiary alicyclic amines) is 1. The molecule has 1 saturated heterocycles. The van der Waals surface area contributed by atoms with E-state index in [-0.39, 0.29) is 23.3 Å². The number of carbonyl (C=O) groups is 1. The van der Waals surface area contributed by atoms with Gasteiger partial charge in [-0.25, -0.2) is 0 Å². The highest BCUT2D eigenvalue weighted by molar-refractivity contribution is 7.09.